The molecule has 9 rings (SSSR count). The molecule has 0 spiro atoms. The van der Waals surface area contributed by atoms with E-state index in [1.807, 2.05) is 0 Å². The lowest BCUT2D eigenvalue weighted by molar-refractivity contribution is 0.0961. The molecule has 9 aromatic rings. The Balaban J connectivity index is 0.949. The van der Waals surface area contributed by atoms with Gasteiger partial charge >= 0.3 is 11.4 Å². The topological polar surface area (TPSA) is 640 Å². The lowest BCUT2D eigenvalue weighted by atomic mass is 10.1. The van der Waals surface area contributed by atoms with Crippen LogP contribution in [0.3, 0.4) is 0 Å². The van der Waals surface area contributed by atoms with E-state index < -0.39 is 204 Å². The van der Waals surface area contributed by atoms with Gasteiger partial charge in [0.2, 0.25) is 23.8 Å². The molecule has 7 aromatic carbocycles. The Labute approximate surface area is 524 Å². The van der Waals surface area contributed by atoms with Gasteiger partial charge in [-0.3, -0.25) is 68.6 Å². The molecule has 0 aliphatic heterocycles. The number of phenolic OH excluding ortho intramolecular Hbond substituents is 2. The minimum atomic E-state index is -5.44. The minimum absolute atomic E-state index is 0.297. The Bertz CT molecular complexity index is 5340. The summed E-state index contributed by atoms with van der Waals surface area (Å²) in [5.41, 5.74) is 1.62. The molecule has 490 valence electrons. The molecule has 0 aliphatic carbocycles. The molecule has 40 nitrogen and oxygen atoms in total. The average molecular weight is 1420 g/mol. The first-order chi connectivity index (χ1) is 43.6. The summed E-state index contributed by atoms with van der Waals surface area (Å²) in [5.74, 6) is -7.39. The lowest BCUT2D eigenvalue weighted by Gasteiger charge is -2.15. The number of benzene rings is 7. The molecule has 0 unspecified atom stereocenters. The fourth-order valence-corrected chi connectivity index (χ4v) is 12.3. The number of anilines is 6. The molecule has 0 saturated heterocycles. The summed E-state index contributed by atoms with van der Waals surface area (Å²) in [5, 5.41) is 40.3. The van der Waals surface area contributed by atoms with Crippen LogP contribution in [0, 0.1) is 13.8 Å². The van der Waals surface area contributed by atoms with Gasteiger partial charge < -0.3 is 20.8 Å². The van der Waals surface area contributed by atoms with Crippen molar-refractivity contribution in [3.8, 4) is 11.5 Å². The van der Waals surface area contributed by atoms with E-state index in [0.29, 0.717) is 47.5 Å². The van der Waals surface area contributed by atoms with Crippen molar-refractivity contribution in [2.24, 2.45) is 20.5 Å². The average Bonchev–Trinajstić information content (AvgIpc) is 0.752. The van der Waals surface area contributed by atoms with E-state index in [0.717, 1.165) is 30.3 Å². The number of H-pyrrole nitrogens is 2. The number of aromatic nitrogens is 6. The molecule has 0 fully saturated rings. The number of aryl methyl sites for hydroxylation is 2. The Morgan fingerprint density at radius 1 is 0.436 bits per heavy atom. The van der Waals surface area contributed by atoms with Crippen LogP contribution in [-0.2, 0) is 60.7 Å². The van der Waals surface area contributed by atoms with Crippen LogP contribution in [0.25, 0.3) is 21.5 Å². The summed E-state index contributed by atoms with van der Waals surface area (Å²) in [7, 11) is -31.3. The summed E-state index contributed by atoms with van der Waals surface area (Å²) >= 11 is 0. The Hall–Kier alpha value is -10.9. The van der Waals surface area contributed by atoms with E-state index >= 15 is 0 Å². The molecule has 0 saturated carbocycles. The SMILES string of the molecule is Cc1ccc(N=Nc2c(S(=O)(=O)O)cc3cc(S(=O)(=O)O)cc(Nc4nc(NNC(=O)c5cccc(C(=O)NNc6nc(Nc7cc(S(=O)(=O)O)cc8cc(S(=O)(=O)O)c(N=Nc9ccc(C)cc9S(=O)(=O)O)c(O)c78)[nH]c(=O)n6)c5)nc(=O)[nH]4)c3c2O)c(S(=O)(=O)O)c1. The summed E-state index contributed by atoms with van der Waals surface area (Å²) < 4.78 is 209. The van der Waals surface area contributed by atoms with Gasteiger partial charge in [0.25, 0.3) is 72.5 Å². The van der Waals surface area contributed by atoms with Crippen LogP contribution in [0.15, 0.2) is 156 Å². The second-order valence-corrected chi connectivity index (χ2v) is 27.5. The highest BCUT2D eigenvalue weighted by atomic mass is 32.2. The highest BCUT2D eigenvalue weighted by Crippen LogP contribution is 2.48. The number of rotatable bonds is 20. The maximum Gasteiger partial charge on any atom is 0.351 e. The first-order valence-electron chi connectivity index (χ1n) is 24.9. The highest BCUT2D eigenvalue weighted by molar-refractivity contribution is 7.87. The van der Waals surface area contributed by atoms with Gasteiger partial charge in [-0.2, -0.15) is 70.4 Å². The molecule has 46 heteroatoms. The van der Waals surface area contributed by atoms with Gasteiger partial charge in [-0.15, -0.1) is 20.5 Å². The molecule has 2 aromatic heterocycles. The van der Waals surface area contributed by atoms with Crippen molar-refractivity contribution in [1.29, 1.82) is 0 Å². The van der Waals surface area contributed by atoms with Crippen molar-refractivity contribution >= 4 is 152 Å². The molecular formula is C48H38N16O24S6. The molecular weight excluding hydrogens is 1380 g/mol. The fourth-order valence-electron chi connectivity index (χ4n) is 8.46. The predicted octanol–water partition coefficient (Wildman–Crippen LogP) is 4.29. The van der Waals surface area contributed by atoms with E-state index in [-0.39, 0.29) is 11.1 Å². The number of aromatic amines is 2. The number of azo groups is 2. The van der Waals surface area contributed by atoms with Gasteiger partial charge in [-0.1, -0.05) is 18.2 Å². The lowest BCUT2D eigenvalue weighted by Crippen LogP contribution is -2.33. The highest BCUT2D eigenvalue weighted by Gasteiger charge is 2.29. The molecule has 2 heterocycles. The maximum absolute atomic E-state index is 13.4. The van der Waals surface area contributed by atoms with Gasteiger partial charge in [0, 0.05) is 21.9 Å². The van der Waals surface area contributed by atoms with E-state index in [4.69, 9.17) is 0 Å². The number of hydrazine groups is 2. The van der Waals surface area contributed by atoms with Gasteiger partial charge in [0.05, 0.1) is 21.2 Å². The van der Waals surface area contributed by atoms with Crippen molar-refractivity contribution < 1.29 is 97.6 Å². The zero-order valence-electron chi connectivity index (χ0n) is 46.4. The molecule has 94 heavy (non-hydrogen) atoms. The van der Waals surface area contributed by atoms with Gasteiger partial charge in [0.15, 0.2) is 11.5 Å². The third-order valence-electron chi connectivity index (χ3n) is 12.5. The first kappa shape index (κ1) is 67.5. The summed E-state index contributed by atoms with van der Waals surface area (Å²) in [6.45, 7) is 2.90. The van der Waals surface area contributed by atoms with Crippen LogP contribution in [0.5, 0.6) is 11.5 Å². The van der Waals surface area contributed by atoms with Crippen molar-refractivity contribution in [1.82, 2.24) is 40.8 Å². The Kier molecular flexibility index (Phi) is 17.9. The third kappa shape index (κ3) is 15.2. The number of hydrogen-bond acceptors (Lipinski definition) is 30. The molecule has 0 radical (unpaired) electrons. The summed E-state index contributed by atoms with van der Waals surface area (Å²) in [6.07, 6.45) is 0. The zero-order chi connectivity index (χ0) is 68.9. The predicted molar refractivity (Wildman–Crippen MR) is 321 cm³/mol. The second-order valence-electron chi connectivity index (χ2n) is 19.1. The third-order valence-corrected chi connectivity index (χ3v) is 17.6. The minimum Gasteiger partial charge on any atom is -0.505 e. The molecule has 2 amide bonds. The van der Waals surface area contributed by atoms with Crippen molar-refractivity contribution in [2.45, 2.75) is 43.2 Å². The van der Waals surface area contributed by atoms with E-state index in [1.165, 1.54) is 44.2 Å². The van der Waals surface area contributed by atoms with E-state index in [1.54, 1.807) is 0 Å². The largest absolute Gasteiger partial charge is 0.505 e. The second kappa shape index (κ2) is 24.9. The summed E-state index contributed by atoms with van der Waals surface area (Å²) in [4.78, 5) is 65.7. The molecule has 0 aliphatic rings. The number of amides is 2. The van der Waals surface area contributed by atoms with Gasteiger partial charge in [0.1, 0.15) is 42.3 Å². The number of carbonyl (C=O) groups excluding carboxylic acids is 2. The fraction of sp³-hybridized carbons (Fsp3) is 0.0417. The standard InChI is InChI=1S/C48H38N16O24S6/c1-19-6-8-27(31(10-19)91(77,78)79)57-59-37-33(93(83,84)85)15-23-13-25(89(71,72)73)17-29(35(23)39(37)65)49-43-51-45(55-47(69)53-43)63-61-41(67)21-4-3-5-22(12-21)42(68)62-64-46-52-44(54-48(70)56-46)50-30-18-26(90(74,75)76)14-24-16-34(94(86,87)88)38(40(66)36(24)30)60-58-28-9-7-20(2)11-32(28)92(80,81)82/h3-18,65-66H,1-2H3,(H,61,67)(H,62,68)(H,71,72,73)(H,74,75,76)(H,77,78,79)(H,80,81,82)(H,83,84,85)(H,86,87,88)(H3,49,51,53,55,63,69)(H3,50,52,54,56,64,70). The monoisotopic (exact) mass is 1410 g/mol. The van der Waals surface area contributed by atoms with Gasteiger partial charge in [-0.25, -0.2) is 9.59 Å². The number of fused-ring (bicyclic) bond motifs is 2. The number of phenols is 2. The quantitative estimate of drug-likeness (QED) is 0.0287. The number of carbonyl (C=O) groups is 2. The maximum atomic E-state index is 13.4. The van der Waals surface area contributed by atoms with E-state index in [9.17, 15) is 107 Å². The number of nitrogens with zero attached hydrogens (tertiary/aromatic N) is 8. The van der Waals surface area contributed by atoms with Crippen LogP contribution in [-0.4, -0.2) is 130 Å². The van der Waals surface area contributed by atoms with Crippen LogP contribution < -0.4 is 43.7 Å². The van der Waals surface area contributed by atoms with Crippen LogP contribution in [0.4, 0.5) is 57.9 Å². The first-order valence-corrected chi connectivity index (χ1v) is 33.6. The van der Waals surface area contributed by atoms with Crippen LogP contribution >= 0.6 is 0 Å². The number of nitrogens with one attached hydrogen (secondary N) is 8. The summed E-state index contributed by atoms with van der Waals surface area (Å²) in [6, 6.07) is 15.0. The van der Waals surface area contributed by atoms with Crippen LogP contribution in [0.2, 0.25) is 0 Å². The molecule has 16 N–H and O–H groups in total. The molecule has 0 bridgehead atoms. The van der Waals surface area contributed by atoms with Crippen LogP contribution in [0.1, 0.15) is 31.8 Å². The Morgan fingerprint density at radius 2 is 0.798 bits per heavy atom. The van der Waals surface area contributed by atoms with E-state index in [2.05, 4.69) is 82.7 Å². The van der Waals surface area contributed by atoms with Crippen molar-refractivity contribution in [3.05, 3.63) is 140 Å². The smallest absolute Gasteiger partial charge is 0.351 e. The van der Waals surface area contributed by atoms with Crippen molar-refractivity contribution in [3.63, 3.8) is 0 Å². The van der Waals surface area contributed by atoms with Gasteiger partial charge in [-0.05, 0) is 115 Å². The van der Waals surface area contributed by atoms with Crippen molar-refractivity contribution in [2.75, 3.05) is 21.5 Å². The zero-order valence-corrected chi connectivity index (χ0v) is 51.3. The number of aromatic hydroxyl groups is 2. The Morgan fingerprint density at radius 3 is 1.14 bits per heavy atom. The normalized spacial score (nSPS) is 12.5. The molecule has 0 atom stereocenters. The number of hydrogen-bond donors (Lipinski definition) is 16.